The van der Waals surface area contributed by atoms with Gasteiger partial charge in [-0.15, -0.1) is 0 Å². The molecule has 3 atom stereocenters. The number of rotatable bonds is 0. The SMILES string of the molecule is C[C@@H]1CO[C@@H]2CCO[C@H]12. The average Bonchev–Trinajstić information content (AvgIpc) is 2.35. The van der Waals surface area contributed by atoms with Crippen LogP contribution in [0.4, 0.5) is 0 Å². The van der Waals surface area contributed by atoms with Gasteiger partial charge in [-0.2, -0.15) is 0 Å². The van der Waals surface area contributed by atoms with Gasteiger partial charge in [0.15, 0.2) is 0 Å². The lowest BCUT2D eigenvalue weighted by atomic mass is 10.1. The van der Waals surface area contributed by atoms with E-state index in [1.54, 1.807) is 0 Å². The van der Waals surface area contributed by atoms with Crippen LogP contribution in [0.1, 0.15) is 13.3 Å². The first kappa shape index (κ1) is 5.69. The van der Waals surface area contributed by atoms with Gasteiger partial charge in [0.05, 0.1) is 18.8 Å². The predicted octanol–water partition coefficient (Wildman–Crippen LogP) is 0.810. The normalized spacial score (nSPS) is 49.7. The molecule has 52 valence electrons. The topological polar surface area (TPSA) is 18.5 Å². The highest BCUT2D eigenvalue weighted by Gasteiger charge is 2.38. The summed E-state index contributed by atoms with van der Waals surface area (Å²) in [4.78, 5) is 0. The Morgan fingerprint density at radius 2 is 2.22 bits per heavy atom. The molecule has 0 N–H and O–H groups in total. The molecule has 2 nitrogen and oxygen atoms in total. The summed E-state index contributed by atoms with van der Waals surface area (Å²) >= 11 is 0. The molecule has 0 saturated carbocycles. The first-order valence-electron chi connectivity index (χ1n) is 3.61. The largest absolute Gasteiger partial charge is 0.375 e. The number of hydrogen-bond acceptors (Lipinski definition) is 2. The van der Waals surface area contributed by atoms with Crippen LogP contribution in [0.15, 0.2) is 0 Å². The van der Waals surface area contributed by atoms with Crippen LogP contribution in [-0.4, -0.2) is 25.4 Å². The molecule has 2 heteroatoms. The summed E-state index contributed by atoms with van der Waals surface area (Å²) in [5, 5.41) is 0. The summed E-state index contributed by atoms with van der Waals surface area (Å²) < 4.78 is 10.9. The Morgan fingerprint density at radius 3 is 3.00 bits per heavy atom. The van der Waals surface area contributed by atoms with E-state index in [1.165, 1.54) is 0 Å². The van der Waals surface area contributed by atoms with Crippen molar-refractivity contribution in [3.63, 3.8) is 0 Å². The molecule has 0 aromatic rings. The van der Waals surface area contributed by atoms with Crippen molar-refractivity contribution < 1.29 is 9.47 Å². The third kappa shape index (κ3) is 0.775. The van der Waals surface area contributed by atoms with Gasteiger partial charge >= 0.3 is 0 Å². The zero-order chi connectivity index (χ0) is 6.27. The summed E-state index contributed by atoms with van der Waals surface area (Å²) in [6.07, 6.45) is 1.96. The van der Waals surface area contributed by atoms with Gasteiger partial charge in [0.2, 0.25) is 0 Å². The molecule has 0 unspecified atom stereocenters. The van der Waals surface area contributed by atoms with Gasteiger partial charge in [-0.25, -0.2) is 0 Å². The molecule has 0 radical (unpaired) electrons. The fourth-order valence-electron chi connectivity index (χ4n) is 1.67. The van der Waals surface area contributed by atoms with Crippen LogP contribution in [0.5, 0.6) is 0 Å². The summed E-state index contributed by atoms with van der Waals surface area (Å²) in [5.74, 6) is 0.623. The van der Waals surface area contributed by atoms with Crippen molar-refractivity contribution in [2.75, 3.05) is 13.2 Å². The molecule has 2 aliphatic rings. The molecule has 2 fully saturated rings. The molecule has 0 amide bonds. The molecule has 0 bridgehead atoms. The van der Waals surface area contributed by atoms with E-state index in [-0.39, 0.29) is 0 Å². The van der Waals surface area contributed by atoms with Gasteiger partial charge in [0, 0.05) is 12.5 Å². The Hall–Kier alpha value is -0.0800. The third-order valence-corrected chi connectivity index (χ3v) is 2.21. The minimum absolute atomic E-state index is 0.421. The van der Waals surface area contributed by atoms with Crippen molar-refractivity contribution in [1.29, 1.82) is 0 Å². The fourth-order valence-corrected chi connectivity index (χ4v) is 1.67. The van der Waals surface area contributed by atoms with Gasteiger partial charge in [-0.3, -0.25) is 0 Å². The van der Waals surface area contributed by atoms with Crippen LogP contribution in [0.3, 0.4) is 0 Å². The standard InChI is InChI=1S/C7H12O2/c1-5-4-9-6-2-3-8-7(5)6/h5-7H,2-4H2,1H3/t5-,6-,7-/m1/s1. The van der Waals surface area contributed by atoms with Gasteiger partial charge in [0.1, 0.15) is 0 Å². The molecule has 2 saturated heterocycles. The predicted molar refractivity (Wildman–Crippen MR) is 33.3 cm³/mol. The fraction of sp³-hybridized carbons (Fsp3) is 1.00. The number of fused-ring (bicyclic) bond motifs is 1. The molecule has 0 spiro atoms. The maximum atomic E-state index is 5.46. The van der Waals surface area contributed by atoms with Gasteiger partial charge in [0.25, 0.3) is 0 Å². The lowest BCUT2D eigenvalue weighted by Crippen LogP contribution is -2.19. The second-order valence-corrected chi connectivity index (χ2v) is 2.97. The highest BCUT2D eigenvalue weighted by Crippen LogP contribution is 2.29. The maximum absolute atomic E-state index is 5.46. The van der Waals surface area contributed by atoms with Crippen LogP contribution < -0.4 is 0 Å². The van der Waals surface area contributed by atoms with Crippen LogP contribution >= 0.6 is 0 Å². The highest BCUT2D eigenvalue weighted by atomic mass is 16.6. The van der Waals surface area contributed by atoms with Crippen molar-refractivity contribution in [2.45, 2.75) is 25.6 Å². The first-order valence-corrected chi connectivity index (χ1v) is 3.61. The molecular weight excluding hydrogens is 116 g/mol. The van der Waals surface area contributed by atoms with Crippen LogP contribution in [0.25, 0.3) is 0 Å². The van der Waals surface area contributed by atoms with E-state index in [2.05, 4.69) is 6.92 Å². The zero-order valence-electron chi connectivity index (χ0n) is 5.67. The highest BCUT2D eigenvalue weighted by molar-refractivity contribution is 4.86. The monoisotopic (exact) mass is 128 g/mol. The third-order valence-electron chi connectivity index (χ3n) is 2.21. The summed E-state index contributed by atoms with van der Waals surface area (Å²) in [7, 11) is 0. The molecule has 9 heavy (non-hydrogen) atoms. The van der Waals surface area contributed by atoms with Crippen molar-refractivity contribution in [3.8, 4) is 0 Å². The van der Waals surface area contributed by atoms with Crippen LogP contribution in [0.2, 0.25) is 0 Å². The van der Waals surface area contributed by atoms with Crippen molar-refractivity contribution in [1.82, 2.24) is 0 Å². The number of hydrogen-bond donors (Lipinski definition) is 0. The Bertz CT molecular complexity index is 113. The van der Waals surface area contributed by atoms with Crippen LogP contribution in [0, 0.1) is 5.92 Å². The summed E-state index contributed by atoms with van der Waals surface area (Å²) in [6, 6.07) is 0. The molecule has 2 aliphatic heterocycles. The second kappa shape index (κ2) is 1.96. The Balaban J connectivity index is 2.07. The van der Waals surface area contributed by atoms with Crippen LogP contribution in [-0.2, 0) is 9.47 Å². The molecule has 0 aliphatic carbocycles. The first-order chi connectivity index (χ1) is 4.38. The molecule has 2 rings (SSSR count). The Morgan fingerprint density at radius 1 is 1.33 bits per heavy atom. The summed E-state index contributed by atoms with van der Waals surface area (Å²) in [5.41, 5.74) is 0. The zero-order valence-corrected chi connectivity index (χ0v) is 5.67. The average molecular weight is 128 g/mol. The van der Waals surface area contributed by atoms with Crippen molar-refractivity contribution in [2.24, 2.45) is 5.92 Å². The number of ether oxygens (including phenoxy) is 2. The van der Waals surface area contributed by atoms with E-state index in [4.69, 9.17) is 9.47 Å². The van der Waals surface area contributed by atoms with Gasteiger partial charge in [-0.05, 0) is 6.42 Å². The lowest BCUT2D eigenvalue weighted by Gasteiger charge is -2.08. The quantitative estimate of drug-likeness (QED) is 0.480. The van der Waals surface area contributed by atoms with Gasteiger partial charge in [-0.1, -0.05) is 6.92 Å². The smallest absolute Gasteiger partial charge is 0.0884 e. The Kier molecular flexibility index (Phi) is 1.24. The Labute approximate surface area is 55.1 Å². The van der Waals surface area contributed by atoms with E-state index in [9.17, 15) is 0 Å². The van der Waals surface area contributed by atoms with Crippen molar-refractivity contribution in [3.05, 3.63) is 0 Å². The van der Waals surface area contributed by atoms with E-state index in [0.717, 1.165) is 19.6 Å². The maximum Gasteiger partial charge on any atom is 0.0884 e. The lowest BCUT2D eigenvalue weighted by molar-refractivity contribution is 0.0658. The van der Waals surface area contributed by atoms with E-state index >= 15 is 0 Å². The van der Waals surface area contributed by atoms with E-state index < -0.39 is 0 Å². The van der Waals surface area contributed by atoms with Crippen molar-refractivity contribution >= 4 is 0 Å². The molecular formula is C7H12O2. The van der Waals surface area contributed by atoms with E-state index in [1.807, 2.05) is 0 Å². The van der Waals surface area contributed by atoms with E-state index in [0.29, 0.717) is 18.1 Å². The molecule has 2 heterocycles. The minimum Gasteiger partial charge on any atom is -0.375 e. The molecule has 0 aromatic carbocycles. The molecule has 0 aromatic heterocycles. The second-order valence-electron chi connectivity index (χ2n) is 2.97. The van der Waals surface area contributed by atoms with Gasteiger partial charge < -0.3 is 9.47 Å². The minimum atomic E-state index is 0.421. The summed E-state index contributed by atoms with van der Waals surface area (Å²) in [6.45, 7) is 3.99.